The average molecular weight is 181 g/mol. The minimum atomic E-state index is -1.09. The number of nitrogens with two attached hydrogens (primary N) is 1. The molecule has 68 valence electrons. The summed E-state index contributed by atoms with van der Waals surface area (Å²) in [7, 11) is 0. The molecule has 0 bridgehead atoms. The molecule has 4 heteroatoms. The van der Waals surface area contributed by atoms with Gasteiger partial charge in [-0.3, -0.25) is 0 Å². The average Bonchev–Trinajstić information content (AvgIpc) is 2.06. The number of nitrogen functional groups attached to an aromatic ring is 1. The monoisotopic (exact) mass is 181 g/mol. The molecule has 0 heterocycles. The number of rotatable bonds is 2. The van der Waals surface area contributed by atoms with E-state index in [-0.39, 0.29) is 0 Å². The molecule has 1 aromatic carbocycles. The zero-order valence-electron chi connectivity index (χ0n) is 6.70. The third-order valence-corrected chi connectivity index (χ3v) is 1.45. The first-order valence-electron chi connectivity index (χ1n) is 3.55. The molecule has 13 heavy (non-hydrogen) atoms. The zero-order chi connectivity index (χ0) is 9.84. The summed E-state index contributed by atoms with van der Waals surface area (Å²) in [6.45, 7) is 0. The predicted octanol–water partition coefficient (Wildman–Crippen LogP) is 1.51. The van der Waals surface area contributed by atoms with Crippen LogP contribution in [0.2, 0.25) is 0 Å². The number of anilines is 1. The highest BCUT2D eigenvalue weighted by Crippen LogP contribution is 2.14. The molecular weight excluding hydrogens is 173 g/mol. The number of halogens is 1. The molecule has 3 N–H and O–H groups in total. The maximum absolute atomic E-state index is 12.6. The Hall–Kier alpha value is -1.84. The largest absolute Gasteiger partial charge is 0.478 e. The Balaban J connectivity index is 3.00. The van der Waals surface area contributed by atoms with Crippen molar-refractivity contribution in [2.24, 2.45) is 0 Å². The summed E-state index contributed by atoms with van der Waals surface area (Å²) in [4.78, 5) is 10.1. The smallest absolute Gasteiger partial charge is 0.328 e. The lowest BCUT2D eigenvalue weighted by Gasteiger charge is -1.98. The Morgan fingerprint density at radius 1 is 1.54 bits per heavy atom. The number of carbonyl (C=O) groups is 1. The predicted molar refractivity (Wildman–Crippen MR) is 47.5 cm³/mol. The van der Waals surface area contributed by atoms with Crippen molar-refractivity contribution in [3.63, 3.8) is 0 Å². The fourth-order valence-electron chi connectivity index (χ4n) is 0.851. The number of aliphatic carboxylic acids is 1. The fourth-order valence-corrected chi connectivity index (χ4v) is 0.851. The highest BCUT2D eigenvalue weighted by molar-refractivity contribution is 5.86. The number of carboxylic acid groups (broad SMARTS) is 1. The molecule has 0 unspecified atom stereocenters. The van der Waals surface area contributed by atoms with Gasteiger partial charge in [0.25, 0.3) is 0 Å². The van der Waals surface area contributed by atoms with Gasteiger partial charge < -0.3 is 10.8 Å². The first kappa shape index (κ1) is 9.25. The Morgan fingerprint density at radius 2 is 2.23 bits per heavy atom. The first-order chi connectivity index (χ1) is 6.09. The molecule has 0 saturated heterocycles. The van der Waals surface area contributed by atoms with E-state index in [1.807, 2.05) is 0 Å². The SMILES string of the molecule is Nc1ccc(F)cc1/C=C/C(=O)O. The second-order valence-electron chi connectivity index (χ2n) is 2.44. The van der Waals surface area contributed by atoms with Gasteiger partial charge in [0.2, 0.25) is 0 Å². The number of carboxylic acids is 1. The van der Waals surface area contributed by atoms with Crippen molar-refractivity contribution in [3.8, 4) is 0 Å². The molecule has 0 aliphatic carbocycles. The number of hydrogen-bond donors (Lipinski definition) is 2. The van der Waals surface area contributed by atoms with Crippen LogP contribution in [0.4, 0.5) is 10.1 Å². The third-order valence-electron chi connectivity index (χ3n) is 1.45. The fraction of sp³-hybridized carbons (Fsp3) is 0. The molecule has 0 amide bonds. The maximum atomic E-state index is 12.6. The quantitative estimate of drug-likeness (QED) is 0.536. The zero-order valence-corrected chi connectivity index (χ0v) is 6.70. The van der Waals surface area contributed by atoms with Gasteiger partial charge in [-0.15, -0.1) is 0 Å². The van der Waals surface area contributed by atoms with Crippen LogP contribution in [-0.4, -0.2) is 11.1 Å². The van der Waals surface area contributed by atoms with E-state index in [1.54, 1.807) is 0 Å². The van der Waals surface area contributed by atoms with E-state index >= 15 is 0 Å². The highest BCUT2D eigenvalue weighted by Gasteiger charge is 1.97. The van der Waals surface area contributed by atoms with Crippen molar-refractivity contribution in [1.29, 1.82) is 0 Å². The van der Waals surface area contributed by atoms with Crippen LogP contribution in [0.5, 0.6) is 0 Å². The molecule has 1 aromatic rings. The summed E-state index contributed by atoms with van der Waals surface area (Å²) in [5.41, 5.74) is 6.17. The van der Waals surface area contributed by atoms with E-state index < -0.39 is 11.8 Å². The van der Waals surface area contributed by atoms with E-state index in [9.17, 15) is 9.18 Å². The molecular formula is C9H8FNO2. The third kappa shape index (κ3) is 2.59. The van der Waals surface area contributed by atoms with E-state index in [0.717, 1.165) is 6.08 Å². The van der Waals surface area contributed by atoms with Crippen molar-refractivity contribution in [2.45, 2.75) is 0 Å². The molecule has 0 aliphatic heterocycles. The summed E-state index contributed by atoms with van der Waals surface area (Å²) >= 11 is 0. The second kappa shape index (κ2) is 3.71. The van der Waals surface area contributed by atoms with Crippen molar-refractivity contribution >= 4 is 17.7 Å². The Kier molecular flexibility index (Phi) is 2.64. The Morgan fingerprint density at radius 3 is 2.85 bits per heavy atom. The van der Waals surface area contributed by atoms with Crippen LogP contribution in [-0.2, 0) is 4.79 Å². The summed E-state index contributed by atoms with van der Waals surface area (Å²) in [5.74, 6) is -1.54. The molecule has 0 aliphatic rings. The summed E-state index contributed by atoms with van der Waals surface area (Å²) in [5, 5.41) is 8.31. The van der Waals surface area contributed by atoms with E-state index in [4.69, 9.17) is 10.8 Å². The van der Waals surface area contributed by atoms with E-state index in [0.29, 0.717) is 11.3 Å². The van der Waals surface area contributed by atoms with E-state index in [1.165, 1.54) is 24.3 Å². The van der Waals surface area contributed by atoms with Crippen LogP contribution in [0.1, 0.15) is 5.56 Å². The van der Waals surface area contributed by atoms with E-state index in [2.05, 4.69) is 0 Å². The van der Waals surface area contributed by atoms with Crippen molar-refractivity contribution in [2.75, 3.05) is 5.73 Å². The summed E-state index contributed by atoms with van der Waals surface area (Å²) < 4.78 is 12.6. The van der Waals surface area contributed by atoms with Crippen LogP contribution >= 0.6 is 0 Å². The minimum absolute atomic E-state index is 0.346. The van der Waals surface area contributed by atoms with Gasteiger partial charge in [-0.2, -0.15) is 0 Å². The second-order valence-corrected chi connectivity index (χ2v) is 2.44. The highest BCUT2D eigenvalue weighted by atomic mass is 19.1. The molecule has 0 radical (unpaired) electrons. The molecule has 0 aromatic heterocycles. The summed E-state index contributed by atoms with van der Waals surface area (Å²) in [6.07, 6.45) is 2.16. The lowest BCUT2D eigenvalue weighted by atomic mass is 10.1. The molecule has 0 saturated carbocycles. The topological polar surface area (TPSA) is 63.3 Å². The van der Waals surface area contributed by atoms with Gasteiger partial charge in [0.1, 0.15) is 5.82 Å². The van der Waals surface area contributed by atoms with Crippen molar-refractivity contribution in [1.82, 2.24) is 0 Å². The van der Waals surface area contributed by atoms with Crippen molar-refractivity contribution in [3.05, 3.63) is 35.7 Å². The van der Waals surface area contributed by atoms with Crippen LogP contribution < -0.4 is 5.73 Å². The summed E-state index contributed by atoms with van der Waals surface area (Å²) in [6, 6.07) is 3.78. The van der Waals surface area contributed by atoms with Crippen LogP contribution in [0.15, 0.2) is 24.3 Å². The molecule has 0 spiro atoms. The van der Waals surface area contributed by atoms with Gasteiger partial charge in [-0.05, 0) is 24.3 Å². The molecule has 1 rings (SSSR count). The van der Waals surface area contributed by atoms with Gasteiger partial charge in [0, 0.05) is 17.3 Å². The molecule has 0 atom stereocenters. The van der Waals surface area contributed by atoms with Gasteiger partial charge in [-0.1, -0.05) is 0 Å². The lowest BCUT2D eigenvalue weighted by molar-refractivity contribution is -0.131. The molecule has 3 nitrogen and oxygen atoms in total. The van der Waals surface area contributed by atoms with Crippen LogP contribution in [0, 0.1) is 5.82 Å². The van der Waals surface area contributed by atoms with Gasteiger partial charge in [0.15, 0.2) is 0 Å². The first-order valence-corrected chi connectivity index (χ1v) is 3.55. The van der Waals surface area contributed by atoms with Gasteiger partial charge in [0.05, 0.1) is 0 Å². The molecule has 0 fully saturated rings. The van der Waals surface area contributed by atoms with Crippen molar-refractivity contribution < 1.29 is 14.3 Å². The van der Waals surface area contributed by atoms with Gasteiger partial charge in [-0.25, -0.2) is 9.18 Å². The normalized spacial score (nSPS) is 10.5. The van der Waals surface area contributed by atoms with Gasteiger partial charge >= 0.3 is 5.97 Å². The lowest BCUT2D eigenvalue weighted by Crippen LogP contribution is -1.91. The number of benzene rings is 1. The van der Waals surface area contributed by atoms with Crippen LogP contribution in [0.25, 0.3) is 6.08 Å². The minimum Gasteiger partial charge on any atom is -0.478 e. The Labute approximate surface area is 74.3 Å². The standard InChI is InChI=1S/C9H8FNO2/c10-7-2-3-8(11)6(5-7)1-4-9(12)13/h1-5H,11H2,(H,12,13)/b4-1+. The van der Waals surface area contributed by atoms with Crippen LogP contribution in [0.3, 0.4) is 0 Å². The Bertz CT molecular complexity index is 361. The number of hydrogen-bond acceptors (Lipinski definition) is 2. The maximum Gasteiger partial charge on any atom is 0.328 e.